The molecule has 0 saturated carbocycles. The van der Waals surface area contributed by atoms with E-state index in [-0.39, 0.29) is 22.4 Å². The second kappa shape index (κ2) is 4.59. The molecule has 1 aliphatic rings. The highest BCUT2D eigenvalue weighted by Gasteiger charge is 2.52. The zero-order valence-electron chi connectivity index (χ0n) is 10.6. The monoisotopic (exact) mass is 272 g/mol. The van der Waals surface area contributed by atoms with Crippen molar-refractivity contribution >= 4 is 12.2 Å². The average molecular weight is 272 g/mol. The van der Waals surface area contributed by atoms with Crippen LogP contribution in [0.4, 0.5) is 4.39 Å². The maximum absolute atomic E-state index is 14.8. The van der Waals surface area contributed by atoms with Gasteiger partial charge in [-0.15, -0.1) is 0 Å². The number of aromatic amines is 1. The van der Waals surface area contributed by atoms with Crippen molar-refractivity contribution in [3.8, 4) is 0 Å². The lowest BCUT2D eigenvalue weighted by atomic mass is 9.88. The molecular weight excluding hydrogens is 255 g/mol. The van der Waals surface area contributed by atoms with E-state index in [1.807, 2.05) is 13.8 Å². The molecule has 1 saturated heterocycles. The van der Waals surface area contributed by atoms with Crippen molar-refractivity contribution in [2.75, 3.05) is 0 Å². The molecule has 1 aromatic heterocycles. The second-order valence-electron chi connectivity index (χ2n) is 4.89. The van der Waals surface area contributed by atoms with Gasteiger partial charge >= 0.3 is 0 Å². The summed E-state index contributed by atoms with van der Waals surface area (Å²) in [6.07, 6.45) is 1.29. The number of rotatable bonds is 2. The van der Waals surface area contributed by atoms with E-state index in [0.29, 0.717) is 0 Å². The Balaban J connectivity index is 2.45. The van der Waals surface area contributed by atoms with Gasteiger partial charge in [0.05, 0.1) is 6.10 Å². The molecule has 1 aliphatic heterocycles. The van der Waals surface area contributed by atoms with Gasteiger partial charge in [-0.1, -0.05) is 13.8 Å². The molecular formula is C12H17FN2O2S. The molecule has 0 amide bonds. The Labute approximate surface area is 110 Å². The highest BCUT2D eigenvalue weighted by atomic mass is 32.1. The third-order valence-corrected chi connectivity index (χ3v) is 4.05. The lowest BCUT2D eigenvalue weighted by molar-refractivity contribution is -0.0490. The van der Waals surface area contributed by atoms with Gasteiger partial charge in [-0.2, -0.15) is 0 Å². The van der Waals surface area contributed by atoms with E-state index in [0.717, 1.165) is 6.42 Å². The molecule has 2 heterocycles. The van der Waals surface area contributed by atoms with Crippen LogP contribution in [0.25, 0.3) is 0 Å². The van der Waals surface area contributed by atoms with Crippen molar-refractivity contribution < 1.29 is 9.13 Å². The van der Waals surface area contributed by atoms with E-state index in [1.165, 1.54) is 23.8 Å². The van der Waals surface area contributed by atoms with Crippen molar-refractivity contribution in [2.45, 2.75) is 45.2 Å². The molecule has 4 nitrogen and oxygen atoms in total. The lowest BCUT2D eigenvalue weighted by Crippen LogP contribution is -2.34. The largest absolute Gasteiger partial charge is 0.351 e. The molecule has 1 N–H and O–H groups in total. The van der Waals surface area contributed by atoms with Gasteiger partial charge in [-0.05, 0) is 25.6 Å². The fourth-order valence-corrected chi connectivity index (χ4v) is 2.66. The molecule has 0 radical (unpaired) electrons. The molecule has 1 unspecified atom stereocenters. The highest BCUT2D eigenvalue weighted by molar-refractivity contribution is 7.71. The first-order valence-corrected chi connectivity index (χ1v) is 6.44. The van der Waals surface area contributed by atoms with Crippen LogP contribution in [-0.2, 0) is 4.74 Å². The number of aromatic nitrogens is 2. The molecule has 1 fully saturated rings. The summed E-state index contributed by atoms with van der Waals surface area (Å²) in [6.45, 7) is 5.32. The summed E-state index contributed by atoms with van der Waals surface area (Å²) in [5.41, 5.74) is -1.81. The van der Waals surface area contributed by atoms with Crippen LogP contribution in [0.2, 0.25) is 0 Å². The normalized spacial score (nSPS) is 35.9. The predicted octanol–water partition coefficient (Wildman–Crippen LogP) is 2.58. The number of halogens is 1. The maximum Gasteiger partial charge on any atom is 0.251 e. The molecule has 1 aromatic rings. The first-order valence-electron chi connectivity index (χ1n) is 6.03. The van der Waals surface area contributed by atoms with E-state index in [2.05, 4.69) is 4.98 Å². The minimum Gasteiger partial charge on any atom is -0.351 e. The van der Waals surface area contributed by atoms with Crippen LogP contribution in [-0.4, -0.2) is 21.3 Å². The van der Waals surface area contributed by atoms with Gasteiger partial charge < -0.3 is 4.74 Å². The minimum absolute atomic E-state index is 0.140. The van der Waals surface area contributed by atoms with Crippen LogP contribution in [0.15, 0.2) is 17.1 Å². The molecule has 0 aromatic carbocycles. The summed E-state index contributed by atoms with van der Waals surface area (Å²) < 4.78 is 22.2. The van der Waals surface area contributed by atoms with Crippen molar-refractivity contribution in [2.24, 2.45) is 5.92 Å². The Hall–Kier alpha value is -1.01. The van der Waals surface area contributed by atoms with Gasteiger partial charge in [0, 0.05) is 18.2 Å². The van der Waals surface area contributed by atoms with Crippen LogP contribution in [0.5, 0.6) is 0 Å². The Bertz CT molecular complexity index is 551. The summed E-state index contributed by atoms with van der Waals surface area (Å²) in [5.74, 6) is -0.221. The summed E-state index contributed by atoms with van der Waals surface area (Å²) in [5, 5.41) is 0. The fourth-order valence-electron chi connectivity index (χ4n) is 2.40. The van der Waals surface area contributed by atoms with E-state index in [1.54, 1.807) is 0 Å². The van der Waals surface area contributed by atoms with Gasteiger partial charge in [-0.3, -0.25) is 14.3 Å². The Kier molecular flexibility index (Phi) is 3.42. The Morgan fingerprint density at radius 3 is 2.83 bits per heavy atom. The molecule has 0 aliphatic carbocycles. The molecule has 0 bridgehead atoms. The Morgan fingerprint density at radius 2 is 2.33 bits per heavy atom. The first-order chi connectivity index (χ1) is 8.37. The molecule has 0 spiro atoms. The average Bonchev–Trinajstić information content (AvgIpc) is 2.52. The van der Waals surface area contributed by atoms with Crippen LogP contribution in [0.3, 0.4) is 0 Å². The molecule has 100 valence electrons. The van der Waals surface area contributed by atoms with Crippen LogP contribution < -0.4 is 5.56 Å². The van der Waals surface area contributed by atoms with Crippen molar-refractivity contribution in [3.63, 3.8) is 0 Å². The molecule has 2 rings (SSSR count). The third kappa shape index (κ3) is 2.03. The number of nitrogens with zero attached hydrogens (tertiary/aromatic N) is 1. The molecule has 6 heteroatoms. The lowest BCUT2D eigenvalue weighted by Gasteiger charge is -2.26. The SMILES string of the molecule is CC[C@H]1O[C@@H](n2ccc(=O)[nH]c2=S)C(C)(F)[C@H]1C. The zero-order valence-corrected chi connectivity index (χ0v) is 11.5. The topological polar surface area (TPSA) is 47.0 Å². The standard InChI is InChI=1S/C12H17FN2O2S/c1-4-8-7(2)12(3,13)10(17-8)15-6-5-9(16)14-11(15)18/h5-8,10H,4H2,1-3H3,(H,14,16,18)/t7-,8+,10+,12?/m0/s1. The summed E-state index contributed by atoms with van der Waals surface area (Å²) in [6, 6.07) is 1.32. The smallest absolute Gasteiger partial charge is 0.251 e. The third-order valence-electron chi connectivity index (χ3n) is 3.74. The summed E-state index contributed by atoms with van der Waals surface area (Å²) in [4.78, 5) is 13.6. The molecule has 18 heavy (non-hydrogen) atoms. The van der Waals surface area contributed by atoms with Gasteiger partial charge in [0.25, 0.3) is 5.56 Å². The number of H-pyrrole nitrogens is 1. The van der Waals surface area contributed by atoms with E-state index in [9.17, 15) is 9.18 Å². The van der Waals surface area contributed by atoms with Crippen LogP contribution >= 0.6 is 12.2 Å². The first kappa shape index (κ1) is 13.4. The van der Waals surface area contributed by atoms with E-state index in [4.69, 9.17) is 17.0 Å². The van der Waals surface area contributed by atoms with Gasteiger partial charge in [0.1, 0.15) is 0 Å². The highest BCUT2D eigenvalue weighted by Crippen LogP contribution is 2.45. The van der Waals surface area contributed by atoms with Crippen molar-refractivity contribution in [1.82, 2.24) is 9.55 Å². The minimum atomic E-state index is -1.52. The zero-order chi connectivity index (χ0) is 13.5. The second-order valence-corrected chi connectivity index (χ2v) is 5.28. The number of hydrogen-bond donors (Lipinski definition) is 1. The summed E-state index contributed by atoms with van der Waals surface area (Å²) in [7, 11) is 0. The van der Waals surface area contributed by atoms with Crippen molar-refractivity contribution in [1.29, 1.82) is 0 Å². The predicted molar refractivity (Wildman–Crippen MR) is 68.8 cm³/mol. The number of alkyl halides is 1. The number of hydrogen-bond acceptors (Lipinski definition) is 3. The van der Waals surface area contributed by atoms with Crippen molar-refractivity contribution in [3.05, 3.63) is 27.4 Å². The quantitative estimate of drug-likeness (QED) is 0.842. The summed E-state index contributed by atoms with van der Waals surface area (Å²) >= 11 is 5.05. The number of ether oxygens (including phenoxy) is 1. The Morgan fingerprint density at radius 1 is 1.67 bits per heavy atom. The van der Waals surface area contributed by atoms with Crippen LogP contribution in [0.1, 0.15) is 33.4 Å². The van der Waals surface area contributed by atoms with Gasteiger partial charge in [0.2, 0.25) is 0 Å². The number of nitrogens with one attached hydrogen (secondary N) is 1. The van der Waals surface area contributed by atoms with E-state index >= 15 is 0 Å². The fraction of sp³-hybridized carbons (Fsp3) is 0.667. The van der Waals surface area contributed by atoms with Crippen LogP contribution in [0, 0.1) is 10.7 Å². The van der Waals surface area contributed by atoms with Gasteiger partial charge in [0.15, 0.2) is 16.7 Å². The molecule has 4 atom stereocenters. The van der Waals surface area contributed by atoms with Gasteiger partial charge in [-0.25, -0.2) is 4.39 Å². The van der Waals surface area contributed by atoms with E-state index < -0.39 is 11.9 Å². The maximum atomic E-state index is 14.8.